The largest absolute Gasteiger partial charge is 0.496 e. The summed E-state index contributed by atoms with van der Waals surface area (Å²) in [5.41, 5.74) is 1.06. The van der Waals surface area contributed by atoms with E-state index in [0.717, 1.165) is 5.69 Å². The summed E-state index contributed by atoms with van der Waals surface area (Å²) in [6.45, 7) is 0. The van der Waals surface area contributed by atoms with Crippen LogP contribution in [-0.2, 0) is 0 Å². The molecule has 0 aliphatic carbocycles. The van der Waals surface area contributed by atoms with Crippen LogP contribution in [0.1, 0.15) is 10.4 Å². The molecule has 2 rings (SSSR count). The van der Waals surface area contributed by atoms with Crippen molar-refractivity contribution in [2.45, 2.75) is 9.96 Å². The molecule has 1 amide bonds. The first-order valence-corrected chi connectivity index (χ1v) is 8.98. The van der Waals surface area contributed by atoms with E-state index in [9.17, 15) is 4.79 Å². The van der Waals surface area contributed by atoms with E-state index in [0.29, 0.717) is 11.3 Å². The van der Waals surface area contributed by atoms with E-state index in [1.807, 2.05) is 30.3 Å². The lowest BCUT2D eigenvalue weighted by Crippen LogP contribution is -2.56. The molecule has 0 saturated heterocycles. The number of benzene rings is 2. The van der Waals surface area contributed by atoms with Crippen molar-refractivity contribution in [3.63, 3.8) is 0 Å². The number of hydrogen-bond acceptors (Lipinski definition) is 3. The van der Waals surface area contributed by atoms with Crippen molar-refractivity contribution >= 4 is 63.7 Å². The van der Waals surface area contributed by atoms with Crippen molar-refractivity contribution in [3.05, 3.63) is 60.2 Å². The topological polar surface area (TPSA) is 62.4 Å². The van der Waals surface area contributed by atoms with Crippen LogP contribution < -0.4 is 20.7 Å². The second kappa shape index (κ2) is 9.28. The number of methoxy groups -OCH3 is 1. The SMILES string of the molecule is COc1ccccc1C(=O)N[C@@H](NC(=S)Nc1ccccc1)C(Cl)(Cl)Cl. The number of thiocarbonyl (C=S) groups is 1. The van der Waals surface area contributed by atoms with Gasteiger partial charge >= 0.3 is 0 Å². The standard InChI is InChI=1S/C17H16Cl3N3O2S/c1-25-13-10-6-5-9-12(13)14(24)22-15(17(18,19)20)23-16(26)21-11-7-3-2-4-8-11/h2-10,15H,1H3,(H,22,24)(H2,21,23,26)/t15-/m0/s1. The minimum Gasteiger partial charge on any atom is -0.496 e. The maximum absolute atomic E-state index is 12.6. The third kappa shape index (κ3) is 5.92. The van der Waals surface area contributed by atoms with Gasteiger partial charge in [0.25, 0.3) is 5.91 Å². The lowest BCUT2D eigenvalue weighted by Gasteiger charge is -2.28. The number of nitrogens with one attached hydrogen (secondary N) is 3. The first-order chi connectivity index (χ1) is 12.3. The number of halogens is 3. The highest BCUT2D eigenvalue weighted by molar-refractivity contribution is 7.80. The summed E-state index contributed by atoms with van der Waals surface area (Å²) in [5.74, 6) is -0.0770. The average molecular weight is 433 g/mol. The van der Waals surface area contributed by atoms with E-state index >= 15 is 0 Å². The molecule has 0 radical (unpaired) electrons. The van der Waals surface area contributed by atoms with Crippen LogP contribution in [0.15, 0.2) is 54.6 Å². The molecule has 2 aromatic rings. The Morgan fingerprint density at radius 3 is 2.27 bits per heavy atom. The summed E-state index contributed by atoms with van der Waals surface area (Å²) in [7, 11) is 1.47. The number of para-hydroxylation sites is 2. The number of amides is 1. The number of carbonyl (C=O) groups excluding carboxylic acids is 1. The summed E-state index contributed by atoms with van der Waals surface area (Å²) in [6, 6.07) is 15.9. The summed E-state index contributed by atoms with van der Waals surface area (Å²) < 4.78 is 3.33. The highest BCUT2D eigenvalue weighted by Crippen LogP contribution is 2.29. The van der Waals surface area contributed by atoms with Gasteiger partial charge in [-0.15, -0.1) is 0 Å². The highest BCUT2D eigenvalue weighted by atomic mass is 35.6. The molecule has 0 aliphatic heterocycles. The minimum atomic E-state index is -1.85. The number of alkyl halides is 3. The molecule has 9 heteroatoms. The van der Waals surface area contributed by atoms with Crippen molar-refractivity contribution in [2.75, 3.05) is 12.4 Å². The van der Waals surface area contributed by atoms with Crippen LogP contribution >= 0.6 is 47.0 Å². The van der Waals surface area contributed by atoms with Gasteiger partial charge in [0.1, 0.15) is 11.9 Å². The average Bonchev–Trinajstić information content (AvgIpc) is 2.61. The fraction of sp³-hybridized carbons (Fsp3) is 0.176. The van der Waals surface area contributed by atoms with Gasteiger partial charge in [-0.3, -0.25) is 4.79 Å². The summed E-state index contributed by atoms with van der Waals surface area (Å²) >= 11 is 23.2. The van der Waals surface area contributed by atoms with Gasteiger partial charge in [-0.05, 0) is 36.5 Å². The zero-order valence-corrected chi connectivity index (χ0v) is 16.7. The first-order valence-electron chi connectivity index (χ1n) is 7.44. The zero-order valence-electron chi connectivity index (χ0n) is 13.6. The van der Waals surface area contributed by atoms with Crippen molar-refractivity contribution in [2.24, 2.45) is 0 Å². The third-order valence-electron chi connectivity index (χ3n) is 3.26. The molecular weight excluding hydrogens is 417 g/mol. The third-order valence-corrected chi connectivity index (χ3v) is 4.14. The maximum atomic E-state index is 12.6. The van der Waals surface area contributed by atoms with Crippen LogP contribution in [0.25, 0.3) is 0 Å². The predicted octanol–water partition coefficient (Wildman–Crippen LogP) is 4.11. The van der Waals surface area contributed by atoms with Crippen LogP contribution in [0.5, 0.6) is 5.75 Å². The quantitative estimate of drug-likeness (QED) is 0.377. The lowest BCUT2D eigenvalue weighted by molar-refractivity contribution is 0.0931. The first kappa shape index (κ1) is 20.6. The van der Waals surface area contributed by atoms with Gasteiger partial charge < -0.3 is 20.7 Å². The monoisotopic (exact) mass is 431 g/mol. The molecule has 0 saturated carbocycles. The summed E-state index contributed by atoms with van der Waals surface area (Å²) in [6.07, 6.45) is -1.08. The van der Waals surface area contributed by atoms with E-state index < -0.39 is 15.9 Å². The van der Waals surface area contributed by atoms with Gasteiger partial charge in [-0.25, -0.2) is 0 Å². The Morgan fingerprint density at radius 2 is 1.65 bits per heavy atom. The van der Waals surface area contributed by atoms with Gasteiger partial charge in [-0.1, -0.05) is 65.1 Å². The molecule has 0 aromatic heterocycles. The Labute approximate surface area is 172 Å². The Bertz CT molecular complexity index is 769. The van der Waals surface area contributed by atoms with Gasteiger partial charge in [0.2, 0.25) is 3.79 Å². The molecule has 5 nitrogen and oxygen atoms in total. The summed E-state index contributed by atoms with van der Waals surface area (Å²) in [4.78, 5) is 12.6. The Kier molecular flexibility index (Phi) is 7.34. The molecular formula is C17H16Cl3N3O2S. The zero-order chi connectivity index (χ0) is 19.2. The smallest absolute Gasteiger partial charge is 0.256 e. The molecule has 0 aliphatic rings. The van der Waals surface area contributed by atoms with Crippen LogP contribution in [-0.4, -0.2) is 28.1 Å². The number of hydrogen-bond donors (Lipinski definition) is 3. The van der Waals surface area contributed by atoms with E-state index in [-0.39, 0.29) is 5.11 Å². The Balaban J connectivity index is 2.10. The van der Waals surface area contributed by atoms with Crippen LogP contribution in [0.3, 0.4) is 0 Å². The lowest BCUT2D eigenvalue weighted by atomic mass is 10.2. The van der Waals surface area contributed by atoms with E-state index in [1.165, 1.54) is 7.11 Å². The molecule has 0 spiro atoms. The normalized spacial score (nSPS) is 12.0. The number of ether oxygens (including phenoxy) is 1. The molecule has 1 atom stereocenters. The summed E-state index contributed by atoms with van der Waals surface area (Å²) in [5, 5.41) is 8.54. The van der Waals surface area contributed by atoms with E-state index in [4.69, 9.17) is 51.8 Å². The highest BCUT2D eigenvalue weighted by Gasteiger charge is 2.35. The van der Waals surface area contributed by atoms with Crippen molar-refractivity contribution in [1.29, 1.82) is 0 Å². The van der Waals surface area contributed by atoms with E-state index in [2.05, 4.69) is 16.0 Å². The number of rotatable bonds is 5. The second-order valence-corrected chi connectivity index (χ2v) is 7.89. The number of carbonyl (C=O) groups is 1. The molecule has 0 heterocycles. The fourth-order valence-electron chi connectivity index (χ4n) is 2.06. The van der Waals surface area contributed by atoms with Crippen molar-refractivity contribution in [3.8, 4) is 5.75 Å². The van der Waals surface area contributed by atoms with Gasteiger partial charge in [0.15, 0.2) is 5.11 Å². The van der Waals surface area contributed by atoms with Crippen molar-refractivity contribution < 1.29 is 9.53 Å². The van der Waals surface area contributed by atoms with Crippen LogP contribution in [0, 0.1) is 0 Å². The van der Waals surface area contributed by atoms with Crippen LogP contribution in [0.2, 0.25) is 0 Å². The van der Waals surface area contributed by atoms with Gasteiger partial charge in [0, 0.05) is 5.69 Å². The molecule has 26 heavy (non-hydrogen) atoms. The number of anilines is 1. The minimum absolute atomic E-state index is 0.188. The van der Waals surface area contributed by atoms with Gasteiger partial charge in [0.05, 0.1) is 12.7 Å². The second-order valence-electron chi connectivity index (χ2n) is 5.11. The van der Waals surface area contributed by atoms with Crippen LogP contribution in [0.4, 0.5) is 5.69 Å². The molecule has 0 bridgehead atoms. The molecule has 138 valence electrons. The predicted molar refractivity (Wildman–Crippen MR) is 110 cm³/mol. The Morgan fingerprint density at radius 1 is 1.04 bits per heavy atom. The Hall–Kier alpha value is -1.73. The van der Waals surface area contributed by atoms with Gasteiger partial charge in [-0.2, -0.15) is 0 Å². The maximum Gasteiger partial charge on any atom is 0.256 e. The fourth-order valence-corrected chi connectivity index (χ4v) is 2.62. The molecule has 3 N–H and O–H groups in total. The van der Waals surface area contributed by atoms with E-state index in [1.54, 1.807) is 24.3 Å². The van der Waals surface area contributed by atoms with Crippen molar-refractivity contribution in [1.82, 2.24) is 10.6 Å². The molecule has 2 aromatic carbocycles. The molecule has 0 fully saturated rings. The molecule has 0 unspecified atom stereocenters.